The summed E-state index contributed by atoms with van der Waals surface area (Å²) >= 11 is 0. The third-order valence-electron chi connectivity index (χ3n) is 4.93. The number of carbonyl (C=O) groups excluding carboxylic acids is 1. The van der Waals surface area contributed by atoms with Crippen LogP contribution in [0.25, 0.3) is 0 Å². The van der Waals surface area contributed by atoms with Crippen molar-refractivity contribution in [1.82, 2.24) is 4.98 Å². The lowest BCUT2D eigenvalue weighted by atomic mass is 9.92. The van der Waals surface area contributed by atoms with Gasteiger partial charge in [0.1, 0.15) is 6.10 Å². The van der Waals surface area contributed by atoms with E-state index in [-0.39, 0.29) is 24.3 Å². The number of rotatable bonds is 6. The Balaban J connectivity index is 1.33. The Bertz CT molecular complexity index is 1070. The lowest BCUT2D eigenvalue weighted by Gasteiger charge is -2.12. The van der Waals surface area contributed by atoms with E-state index < -0.39 is 0 Å². The quantitative estimate of drug-likeness (QED) is 0.674. The second-order valence-electron chi connectivity index (χ2n) is 7.06. The molecule has 0 aliphatic carbocycles. The minimum absolute atomic E-state index is 0.143. The third kappa shape index (κ3) is 4.53. The van der Waals surface area contributed by atoms with Crippen LogP contribution in [0.15, 0.2) is 84.3 Å². The zero-order chi connectivity index (χ0) is 20.8. The monoisotopic (exact) mass is 396 g/mol. The maximum atomic E-state index is 12.4. The molecule has 1 aliphatic rings. The molecule has 2 aromatic carbocycles. The van der Waals surface area contributed by atoms with Gasteiger partial charge in [-0.15, -0.1) is 0 Å². The predicted molar refractivity (Wildman–Crippen MR) is 114 cm³/mol. The van der Waals surface area contributed by atoms with Crippen LogP contribution in [-0.4, -0.2) is 22.7 Å². The zero-order valence-corrected chi connectivity index (χ0v) is 16.2. The number of nitrogens with zero attached hydrogens (tertiary/aromatic N) is 3. The van der Waals surface area contributed by atoms with E-state index in [0.717, 1.165) is 22.4 Å². The summed E-state index contributed by atoms with van der Waals surface area (Å²) in [6.07, 6.45) is 3.92. The van der Waals surface area contributed by atoms with Crippen molar-refractivity contribution < 1.29 is 9.63 Å². The number of hydrogen-bond acceptors (Lipinski definition) is 5. The highest BCUT2D eigenvalue weighted by Crippen LogP contribution is 2.25. The van der Waals surface area contributed by atoms with Crippen LogP contribution in [0.1, 0.15) is 35.4 Å². The van der Waals surface area contributed by atoms with Gasteiger partial charge in [-0.25, -0.2) is 0 Å². The van der Waals surface area contributed by atoms with E-state index in [4.69, 9.17) is 4.84 Å². The van der Waals surface area contributed by atoms with E-state index in [2.05, 4.69) is 21.5 Å². The van der Waals surface area contributed by atoms with Crippen LogP contribution in [0.4, 0.5) is 5.69 Å². The fourth-order valence-corrected chi connectivity index (χ4v) is 3.41. The molecule has 0 saturated heterocycles. The first-order valence-corrected chi connectivity index (χ1v) is 9.70. The summed E-state index contributed by atoms with van der Waals surface area (Å²) in [4.78, 5) is 21.9. The standard InChI is InChI=1S/C24H20N4O2/c25-15-22(17-5-2-1-3-6-17)18-8-10-20(11-9-18)27-24(29)14-21-13-23(28-30-21)19-7-4-12-26-16-19/h1-12,16,21-22H,13-14H2,(H,27,29). The van der Waals surface area contributed by atoms with Crippen molar-refractivity contribution >= 4 is 17.3 Å². The summed E-state index contributed by atoms with van der Waals surface area (Å²) in [7, 11) is 0. The Kier molecular flexibility index (Phi) is 5.81. The molecule has 1 aromatic heterocycles. The maximum absolute atomic E-state index is 12.4. The molecular weight excluding hydrogens is 376 g/mol. The highest BCUT2D eigenvalue weighted by atomic mass is 16.6. The van der Waals surface area contributed by atoms with E-state index in [1.807, 2.05) is 66.7 Å². The van der Waals surface area contributed by atoms with Crippen LogP contribution in [0.3, 0.4) is 0 Å². The smallest absolute Gasteiger partial charge is 0.228 e. The van der Waals surface area contributed by atoms with Gasteiger partial charge >= 0.3 is 0 Å². The van der Waals surface area contributed by atoms with Crippen molar-refractivity contribution in [2.24, 2.45) is 5.16 Å². The van der Waals surface area contributed by atoms with Crippen LogP contribution in [0.5, 0.6) is 0 Å². The van der Waals surface area contributed by atoms with E-state index >= 15 is 0 Å². The molecule has 1 N–H and O–H groups in total. The van der Waals surface area contributed by atoms with Gasteiger partial charge in [0.15, 0.2) is 0 Å². The molecule has 30 heavy (non-hydrogen) atoms. The highest BCUT2D eigenvalue weighted by molar-refractivity contribution is 6.01. The Morgan fingerprint density at radius 2 is 1.87 bits per heavy atom. The summed E-state index contributed by atoms with van der Waals surface area (Å²) in [5.41, 5.74) is 4.21. The van der Waals surface area contributed by atoms with Gasteiger partial charge in [0, 0.05) is 30.1 Å². The number of anilines is 1. The zero-order valence-electron chi connectivity index (χ0n) is 16.2. The number of amides is 1. The van der Waals surface area contributed by atoms with E-state index in [1.165, 1.54) is 0 Å². The first kappa shape index (κ1) is 19.3. The molecule has 3 aromatic rings. The van der Waals surface area contributed by atoms with E-state index in [1.54, 1.807) is 12.4 Å². The minimum Gasteiger partial charge on any atom is -0.391 e. The molecule has 6 heteroatoms. The summed E-state index contributed by atoms with van der Waals surface area (Å²) in [6.45, 7) is 0. The molecule has 6 nitrogen and oxygen atoms in total. The Hall–Kier alpha value is -3.98. The average Bonchev–Trinajstić information content (AvgIpc) is 3.25. The molecule has 0 bridgehead atoms. The maximum Gasteiger partial charge on any atom is 0.228 e. The van der Waals surface area contributed by atoms with Crippen molar-refractivity contribution in [2.45, 2.75) is 24.9 Å². The first-order valence-electron chi connectivity index (χ1n) is 9.70. The second kappa shape index (κ2) is 9.01. The highest BCUT2D eigenvalue weighted by Gasteiger charge is 2.25. The van der Waals surface area contributed by atoms with Crippen molar-refractivity contribution in [1.29, 1.82) is 5.26 Å². The van der Waals surface area contributed by atoms with Crippen LogP contribution in [0.2, 0.25) is 0 Å². The molecule has 4 rings (SSSR count). The topological polar surface area (TPSA) is 87.4 Å². The van der Waals surface area contributed by atoms with Crippen LogP contribution >= 0.6 is 0 Å². The van der Waals surface area contributed by atoms with Crippen LogP contribution in [0, 0.1) is 11.3 Å². The molecular formula is C24H20N4O2. The van der Waals surface area contributed by atoms with E-state index in [0.29, 0.717) is 12.1 Å². The largest absolute Gasteiger partial charge is 0.391 e. The summed E-state index contributed by atoms with van der Waals surface area (Å²) < 4.78 is 0. The molecule has 148 valence electrons. The molecule has 2 unspecified atom stereocenters. The number of carbonyl (C=O) groups is 1. The summed E-state index contributed by atoms with van der Waals surface area (Å²) in [5.74, 6) is -0.485. The Morgan fingerprint density at radius 1 is 1.10 bits per heavy atom. The molecule has 1 amide bonds. The summed E-state index contributed by atoms with van der Waals surface area (Å²) in [6, 6.07) is 23.1. The van der Waals surface area contributed by atoms with Gasteiger partial charge in [0.25, 0.3) is 0 Å². The lowest BCUT2D eigenvalue weighted by molar-refractivity contribution is -0.118. The number of nitrogens with one attached hydrogen (secondary N) is 1. The number of nitriles is 1. The van der Waals surface area contributed by atoms with Crippen LogP contribution < -0.4 is 5.32 Å². The average molecular weight is 396 g/mol. The van der Waals surface area contributed by atoms with E-state index in [9.17, 15) is 10.1 Å². The normalized spacial score (nSPS) is 16.1. The van der Waals surface area contributed by atoms with Gasteiger partial charge in [0.2, 0.25) is 5.91 Å². The molecule has 2 atom stereocenters. The van der Waals surface area contributed by atoms with Crippen molar-refractivity contribution in [3.8, 4) is 6.07 Å². The number of oxime groups is 1. The van der Waals surface area contributed by atoms with Gasteiger partial charge in [-0.05, 0) is 35.4 Å². The molecule has 0 radical (unpaired) electrons. The summed E-state index contributed by atoms with van der Waals surface area (Å²) in [5, 5.41) is 16.5. The predicted octanol–water partition coefficient (Wildman–Crippen LogP) is 4.26. The fraction of sp³-hybridized carbons (Fsp3) is 0.167. The van der Waals surface area contributed by atoms with Gasteiger partial charge in [-0.1, -0.05) is 47.6 Å². The van der Waals surface area contributed by atoms with Crippen LogP contribution in [-0.2, 0) is 9.63 Å². The number of benzene rings is 2. The van der Waals surface area contributed by atoms with Gasteiger partial charge in [0.05, 0.1) is 24.1 Å². The number of aromatic nitrogens is 1. The Morgan fingerprint density at radius 3 is 2.57 bits per heavy atom. The lowest BCUT2D eigenvalue weighted by Crippen LogP contribution is -2.20. The molecule has 0 fully saturated rings. The molecule has 0 saturated carbocycles. The minimum atomic E-state index is -0.342. The van der Waals surface area contributed by atoms with Crippen molar-refractivity contribution in [3.63, 3.8) is 0 Å². The number of pyridine rings is 1. The molecule has 1 aliphatic heterocycles. The second-order valence-corrected chi connectivity index (χ2v) is 7.06. The van der Waals surface area contributed by atoms with Gasteiger partial charge < -0.3 is 10.2 Å². The van der Waals surface area contributed by atoms with Gasteiger partial charge in [-0.2, -0.15) is 5.26 Å². The Labute approximate surface area is 174 Å². The third-order valence-corrected chi connectivity index (χ3v) is 4.93. The van der Waals surface area contributed by atoms with Crippen molar-refractivity contribution in [3.05, 3.63) is 95.8 Å². The van der Waals surface area contributed by atoms with Gasteiger partial charge in [-0.3, -0.25) is 9.78 Å². The van der Waals surface area contributed by atoms with Crippen molar-refractivity contribution in [2.75, 3.05) is 5.32 Å². The fourth-order valence-electron chi connectivity index (χ4n) is 3.41. The number of hydrogen-bond donors (Lipinski definition) is 1. The molecule has 0 spiro atoms. The molecule has 2 heterocycles. The first-order chi connectivity index (χ1) is 14.7. The SMILES string of the molecule is N#CC(c1ccccc1)c1ccc(NC(=O)CC2CC(c3cccnc3)=NO2)cc1.